The molecule has 110 valence electrons. The van der Waals surface area contributed by atoms with Crippen molar-refractivity contribution in [3.8, 4) is 11.8 Å². The second-order valence-electron chi connectivity index (χ2n) is 4.13. The third-order valence-electron chi connectivity index (χ3n) is 2.54. The van der Waals surface area contributed by atoms with Crippen molar-refractivity contribution in [1.29, 1.82) is 5.26 Å². The van der Waals surface area contributed by atoms with Gasteiger partial charge in [0, 0.05) is 6.61 Å². The van der Waals surface area contributed by atoms with Crippen LogP contribution in [0.5, 0.6) is 5.75 Å². The molecule has 0 bridgehead atoms. The Morgan fingerprint density at radius 2 is 1.95 bits per heavy atom. The highest BCUT2D eigenvalue weighted by Gasteiger charge is 2.34. The molecule has 0 unspecified atom stereocenters. The molecule has 0 fully saturated rings. The highest BCUT2D eigenvalue weighted by atomic mass is 19.4. The van der Waals surface area contributed by atoms with Crippen LogP contribution in [0.4, 0.5) is 13.2 Å². The van der Waals surface area contributed by atoms with Crippen LogP contribution in [0, 0.1) is 11.3 Å². The lowest BCUT2D eigenvalue weighted by atomic mass is 10.1. The van der Waals surface area contributed by atoms with Crippen LogP contribution in [0.1, 0.15) is 30.9 Å². The highest BCUT2D eigenvalue weighted by molar-refractivity contribution is 5.43. The fourth-order valence-electron chi connectivity index (χ4n) is 1.51. The number of benzene rings is 1. The van der Waals surface area contributed by atoms with Gasteiger partial charge in [-0.05, 0) is 24.6 Å². The second kappa shape index (κ2) is 7.75. The Balaban J connectivity index is 2.63. The smallest absolute Gasteiger partial charge is 0.420 e. The number of hydrogen-bond donors (Lipinski definition) is 0. The molecule has 0 saturated heterocycles. The van der Waals surface area contributed by atoms with E-state index < -0.39 is 11.7 Å². The third kappa shape index (κ3) is 5.10. The van der Waals surface area contributed by atoms with Crippen molar-refractivity contribution >= 4 is 0 Å². The summed E-state index contributed by atoms with van der Waals surface area (Å²) in [5.41, 5.74) is -0.992. The zero-order valence-electron chi connectivity index (χ0n) is 11.2. The molecule has 0 saturated carbocycles. The highest BCUT2D eigenvalue weighted by Crippen LogP contribution is 2.36. The number of ether oxygens (including phenoxy) is 2. The number of alkyl halides is 3. The summed E-state index contributed by atoms with van der Waals surface area (Å²) >= 11 is 0. The van der Waals surface area contributed by atoms with E-state index in [1.54, 1.807) is 6.07 Å². The zero-order chi connectivity index (χ0) is 15.0. The molecule has 20 heavy (non-hydrogen) atoms. The first-order chi connectivity index (χ1) is 9.49. The van der Waals surface area contributed by atoms with Gasteiger partial charge in [0.15, 0.2) is 0 Å². The van der Waals surface area contributed by atoms with Crippen molar-refractivity contribution in [2.45, 2.75) is 25.9 Å². The predicted molar refractivity (Wildman–Crippen MR) is 67.4 cm³/mol. The van der Waals surface area contributed by atoms with Crippen LogP contribution in [0.25, 0.3) is 0 Å². The van der Waals surface area contributed by atoms with E-state index in [1.165, 1.54) is 6.07 Å². The molecular formula is C14H16F3NO2. The van der Waals surface area contributed by atoms with Gasteiger partial charge in [0.1, 0.15) is 12.4 Å². The fraction of sp³-hybridized carbons (Fsp3) is 0.500. The monoisotopic (exact) mass is 287 g/mol. The van der Waals surface area contributed by atoms with Gasteiger partial charge in [-0.3, -0.25) is 0 Å². The van der Waals surface area contributed by atoms with Gasteiger partial charge in [-0.1, -0.05) is 13.3 Å². The van der Waals surface area contributed by atoms with Crippen LogP contribution < -0.4 is 4.74 Å². The molecule has 1 aromatic carbocycles. The topological polar surface area (TPSA) is 42.2 Å². The molecule has 0 N–H and O–H groups in total. The Kier molecular flexibility index (Phi) is 6.32. The molecule has 0 aliphatic rings. The molecule has 0 radical (unpaired) electrons. The molecule has 0 heterocycles. The van der Waals surface area contributed by atoms with Gasteiger partial charge >= 0.3 is 6.18 Å². The van der Waals surface area contributed by atoms with E-state index in [0.717, 1.165) is 25.0 Å². The van der Waals surface area contributed by atoms with Crippen molar-refractivity contribution in [3.05, 3.63) is 29.3 Å². The van der Waals surface area contributed by atoms with E-state index in [-0.39, 0.29) is 24.5 Å². The summed E-state index contributed by atoms with van der Waals surface area (Å²) in [6, 6.07) is 4.92. The molecule has 0 aliphatic heterocycles. The normalized spacial score (nSPS) is 11.2. The summed E-state index contributed by atoms with van der Waals surface area (Å²) in [5, 5.41) is 8.64. The lowest BCUT2D eigenvalue weighted by Gasteiger charge is -2.14. The van der Waals surface area contributed by atoms with Crippen LogP contribution in [-0.4, -0.2) is 19.8 Å². The van der Waals surface area contributed by atoms with Crippen LogP contribution >= 0.6 is 0 Å². The van der Waals surface area contributed by atoms with Crippen molar-refractivity contribution in [3.63, 3.8) is 0 Å². The van der Waals surface area contributed by atoms with Crippen LogP contribution in [-0.2, 0) is 10.9 Å². The quantitative estimate of drug-likeness (QED) is 0.717. The minimum absolute atomic E-state index is 0.0404. The van der Waals surface area contributed by atoms with E-state index in [0.29, 0.717) is 6.61 Å². The maximum atomic E-state index is 12.8. The van der Waals surface area contributed by atoms with Crippen LogP contribution in [0.2, 0.25) is 0 Å². The molecule has 0 atom stereocenters. The summed E-state index contributed by atoms with van der Waals surface area (Å²) in [6.45, 7) is 2.86. The molecular weight excluding hydrogens is 271 g/mol. The molecule has 0 spiro atoms. The molecule has 0 aliphatic carbocycles. The number of halogens is 3. The number of unbranched alkanes of at least 4 members (excludes halogenated alkanes) is 1. The first kappa shape index (κ1) is 16.3. The first-order valence-corrected chi connectivity index (χ1v) is 6.31. The molecule has 1 rings (SSSR count). The molecule has 0 aromatic heterocycles. The maximum absolute atomic E-state index is 12.8. The molecule has 6 heteroatoms. The Labute approximate surface area is 115 Å². The first-order valence-electron chi connectivity index (χ1n) is 6.31. The third-order valence-corrected chi connectivity index (χ3v) is 2.54. The van der Waals surface area contributed by atoms with E-state index in [9.17, 15) is 13.2 Å². The summed E-state index contributed by atoms with van der Waals surface area (Å²) in [4.78, 5) is 0. The average molecular weight is 287 g/mol. The van der Waals surface area contributed by atoms with Crippen LogP contribution in [0.3, 0.4) is 0 Å². The molecule has 1 aromatic rings. The van der Waals surface area contributed by atoms with Gasteiger partial charge in [-0.2, -0.15) is 18.4 Å². The fourth-order valence-corrected chi connectivity index (χ4v) is 1.51. The van der Waals surface area contributed by atoms with Gasteiger partial charge < -0.3 is 9.47 Å². The molecule has 3 nitrogen and oxygen atoms in total. The SMILES string of the molecule is CCCCOCCOc1ccc(C#N)cc1C(F)(F)F. The van der Waals surface area contributed by atoms with Crippen molar-refractivity contribution in [2.75, 3.05) is 19.8 Å². The molecule has 0 amide bonds. The van der Waals surface area contributed by atoms with Crippen molar-refractivity contribution < 1.29 is 22.6 Å². The Hall–Kier alpha value is -1.74. The average Bonchev–Trinajstić information content (AvgIpc) is 2.41. The van der Waals surface area contributed by atoms with Gasteiger partial charge in [0.25, 0.3) is 0 Å². The number of nitriles is 1. The summed E-state index contributed by atoms with van der Waals surface area (Å²) in [7, 11) is 0. The second-order valence-corrected chi connectivity index (χ2v) is 4.13. The lowest BCUT2D eigenvalue weighted by molar-refractivity contribution is -0.139. The standard InChI is InChI=1S/C14H16F3NO2/c1-2-3-6-19-7-8-20-13-5-4-11(10-18)9-12(13)14(15,16)17/h4-5,9H,2-3,6-8H2,1H3. The number of rotatable bonds is 7. The Bertz CT molecular complexity index is 466. The van der Waals surface area contributed by atoms with Gasteiger partial charge in [-0.15, -0.1) is 0 Å². The van der Waals surface area contributed by atoms with E-state index in [1.807, 2.05) is 6.92 Å². The van der Waals surface area contributed by atoms with Crippen LogP contribution in [0.15, 0.2) is 18.2 Å². The Morgan fingerprint density at radius 1 is 1.20 bits per heavy atom. The van der Waals surface area contributed by atoms with Crippen molar-refractivity contribution in [2.24, 2.45) is 0 Å². The summed E-state index contributed by atoms with van der Waals surface area (Å²) in [6.07, 6.45) is -2.65. The number of hydrogen-bond acceptors (Lipinski definition) is 3. The summed E-state index contributed by atoms with van der Waals surface area (Å²) < 4.78 is 48.8. The summed E-state index contributed by atoms with van der Waals surface area (Å²) in [5.74, 6) is -0.282. The largest absolute Gasteiger partial charge is 0.491 e. The minimum Gasteiger partial charge on any atom is -0.491 e. The zero-order valence-corrected chi connectivity index (χ0v) is 11.2. The lowest BCUT2D eigenvalue weighted by Crippen LogP contribution is -2.12. The van der Waals surface area contributed by atoms with Gasteiger partial charge in [-0.25, -0.2) is 0 Å². The Morgan fingerprint density at radius 3 is 2.55 bits per heavy atom. The minimum atomic E-state index is -4.55. The van der Waals surface area contributed by atoms with E-state index >= 15 is 0 Å². The van der Waals surface area contributed by atoms with Gasteiger partial charge in [0.05, 0.1) is 23.8 Å². The van der Waals surface area contributed by atoms with Gasteiger partial charge in [0.2, 0.25) is 0 Å². The predicted octanol–water partition coefficient (Wildman–Crippen LogP) is 3.77. The van der Waals surface area contributed by atoms with E-state index in [2.05, 4.69) is 0 Å². The van der Waals surface area contributed by atoms with Crippen molar-refractivity contribution in [1.82, 2.24) is 0 Å². The van der Waals surface area contributed by atoms with E-state index in [4.69, 9.17) is 14.7 Å². The maximum Gasteiger partial charge on any atom is 0.420 e. The number of nitrogens with zero attached hydrogens (tertiary/aromatic N) is 1.